The lowest BCUT2D eigenvalue weighted by Gasteiger charge is -2.30. The van der Waals surface area contributed by atoms with E-state index in [1.54, 1.807) is 7.11 Å². The smallest absolute Gasteiger partial charge is 0.251 e. The van der Waals surface area contributed by atoms with Crippen LogP contribution < -0.4 is 5.32 Å². The van der Waals surface area contributed by atoms with Crippen molar-refractivity contribution in [2.45, 2.75) is 32.8 Å². The van der Waals surface area contributed by atoms with Crippen LogP contribution in [-0.2, 0) is 11.3 Å². The SMILES string of the molecule is COCc1cccc(C(=O)NCCCN2CCC(C)CC2)c1. The molecular weight excluding hydrogens is 276 g/mol. The molecule has 0 bridgehead atoms. The number of benzene rings is 1. The lowest BCUT2D eigenvalue weighted by Crippen LogP contribution is -2.35. The predicted octanol–water partition coefficient (Wildman–Crippen LogP) is 2.68. The van der Waals surface area contributed by atoms with E-state index in [1.807, 2.05) is 24.3 Å². The van der Waals surface area contributed by atoms with E-state index in [9.17, 15) is 4.79 Å². The third kappa shape index (κ3) is 5.43. The Balaban J connectivity index is 1.68. The number of hydrogen-bond donors (Lipinski definition) is 1. The van der Waals surface area contributed by atoms with Crippen LogP contribution in [0.5, 0.6) is 0 Å². The van der Waals surface area contributed by atoms with Crippen molar-refractivity contribution in [3.05, 3.63) is 35.4 Å². The molecule has 1 fully saturated rings. The molecule has 1 aliphatic heterocycles. The van der Waals surface area contributed by atoms with Crippen molar-refractivity contribution in [1.29, 1.82) is 0 Å². The minimum absolute atomic E-state index is 0.00483. The minimum Gasteiger partial charge on any atom is -0.380 e. The lowest BCUT2D eigenvalue weighted by atomic mass is 9.99. The molecule has 4 nitrogen and oxygen atoms in total. The van der Waals surface area contributed by atoms with Gasteiger partial charge < -0.3 is 15.0 Å². The quantitative estimate of drug-likeness (QED) is 0.788. The molecule has 1 aliphatic rings. The number of nitrogens with zero attached hydrogens (tertiary/aromatic N) is 1. The van der Waals surface area contributed by atoms with Crippen LogP contribution in [0.15, 0.2) is 24.3 Å². The number of carbonyl (C=O) groups is 1. The van der Waals surface area contributed by atoms with Crippen LogP contribution in [0.1, 0.15) is 42.1 Å². The average Bonchev–Trinajstić information content (AvgIpc) is 2.53. The maximum atomic E-state index is 12.1. The van der Waals surface area contributed by atoms with Crippen molar-refractivity contribution in [2.24, 2.45) is 5.92 Å². The van der Waals surface area contributed by atoms with Crippen LogP contribution in [0.2, 0.25) is 0 Å². The van der Waals surface area contributed by atoms with E-state index in [0.717, 1.165) is 31.0 Å². The first-order valence-electron chi connectivity index (χ1n) is 8.27. The first-order valence-corrected chi connectivity index (χ1v) is 8.27. The summed E-state index contributed by atoms with van der Waals surface area (Å²) in [5.41, 5.74) is 1.74. The number of amides is 1. The third-order valence-corrected chi connectivity index (χ3v) is 4.31. The molecule has 22 heavy (non-hydrogen) atoms. The zero-order valence-corrected chi connectivity index (χ0v) is 13.8. The molecule has 0 unspecified atom stereocenters. The van der Waals surface area contributed by atoms with E-state index in [1.165, 1.54) is 25.9 Å². The first kappa shape index (κ1) is 17.0. The van der Waals surface area contributed by atoms with E-state index in [-0.39, 0.29) is 5.91 Å². The number of nitrogens with one attached hydrogen (secondary N) is 1. The molecule has 2 rings (SSSR count). The normalized spacial score (nSPS) is 16.6. The van der Waals surface area contributed by atoms with Gasteiger partial charge in [-0.3, -0.25) is 4.79 Å². The first-order chi connectivity index (χ1) is 10.7. The highest BCUT2D eigenvalue weighted by Crippen LogP contribution is 2.15. The van der Waals surface area contributed by atoms with Gasteiger partial charge in [-0.1, -0.05) is 19.1 Å². The van der Waals surface area contributed by atoms with Crippen molar-refractivity contribution in [2.75, 3.05) is 33.3 Å². The molecule has 0 atom stereocenters. The number of ether oxygens (including phenoxy) is 1. The molecule has 1 amide bonds. The topological polar surface area (TPSA) is 41.6 Å². The van der Waals surface area contributed by atoms with Crippen molar-refractivity contribution in [3.63, 3.8) is 0 Å². The Morgan fingerprint density at radius 1 is 1.36 bits per heavy atom. The zero-order valence-electron chi connectivity index (χ0n) is 13.8. The predicted molar refractivity (Wildman–Crippen MR) is 88.9 cm³/mol. The summed E-state index contributed by atoms with van der Waals surface area (Å²) in [6.45, 7) is 7.09. The van der Waals surface area contributed by atoms with Gasteiger partial charge in [0, 0.05) is 19.2 Å². The molecule has 122 valence electrons. The summed E-state index contributed by atoms with van der Waals surface area (Å²) in [7, 11) is 1.66. The number of methoxy groups -OCH3 is 1. The summed E-state index contributed by atoms with van der Waals surface area (Å²) in [5.74, 6) is 0.876. The summed E-state index contributed by atoms with van der Waals surface area (Å²) in [5, 5.41) is 3.01. The van der Waals surface area contributed by atoms with Crippen molar-refractivity contribution < 1.29 is 9.53 Å². The number of likely N-dealkylation sites (tertiary alicyclic amines) is 1. The summed E-state index contributed by atoms with van der Waals surface area (Å²) < 4.78 is 5.10. The van der Waals surface area contributed by atoms with Crippen molar-refractivity contribution >= 4 is 5.91 Å². The van der Waals surface area contributed by atoms with Gasteiger partial charge in [0.2, 0.25) is 0 Å². The number of hydrogen-bond acceptors (Lipinski definition) is 3. The van der Waals surface area contributed by atoms with Crippen LogP contribution in [0, 0.1) is 5.92 Å². The monoisotopic (exact) mass is 304 g/mol. The van der Waals surface area contributed by atoms with Crippen LogP contribution in [0.4, 0.5) is 0 Å². The fraction of sp³-hybridized carbons (Fsp3) is 0.611. The number of carbonyl (C=O) groups excluding carboxylic acids is 1. The second kappa shape index (κ2) is 8.91. The molecule has 0 saturated carbocycles. The maximum absolute atomic E-state index is 12.1. The van der Waals surface area contributed by atoms with Gasteiger partial charge in [0.15, 0.2) is 0 Å². The highest BCUT2D eigenvalue weighted by molar-refractivity contribution is 5.94. The van der Waals surface area contributed by atoms with Gasteiger partial charge in [0.1, 0.15) is 0 Å². The standard InChI is InChI=1S/C18H28N2O2/c1-15-7-11-20(12-8-15)10-4-9-19-18(21)17-6-3-5-16(13-17)14-22-2/h3,5-6,13,15H,4,7-12,14H2,1-2H3,(H,19,21). The van der Waals surface area contributed by atoms with Gasteiger partial charge in [-0.05, 0) is 62.5 Å². The van der Waals surface area contributed by atoms with Gasteiger partial charge in [0.05, 0.1) is 6.61 Å². The van der Waals surface area contributed by atoms with Gasteiger partial charge in [-0.25, -0.2) is 0 Å². The van der Waals surface area contributed by atoms with E-state index in [4.69, 9.17) is 4.74 Å². The molecule has 4 heteroatoms. The Morgan fingerprint density at radius 3 is 2.86 bits per heavy atom. The van der Waals surface area contributed by atoms with Crippen LogP contribution in [0.3, 0.4) is 0 Å². The van der Waals surface area contributed by atoms with Crippen molar-refractivity contribution in [1.82, 2.24) is 10.2 Å². The Kier molecular flexibility index (Phi) is 6.87. The van der Waals surface area contributed by atoms with E-state index < -0.39 is 0 Å². The second-order valence-electron chi connectivity index (χ2n) is 6.27. The fourth-order valence-electron chi connectivity index (χ4n) is 2.86. The summed E-state index contributed by atoms with van der Waals surface area (Å²) in [6, 6.07) is 7.61. The Morgan fingerprint density at radius 2 is 2.14 bits per heavy atom. The van der Waals surface area contributed by atoms with Gasteiger partial charge in [0.25, 0.3) is 5.91 Å². The fourth-order valence-corrected chi connectivity index (χ4v) is 2.86. The molecule has 0 aliphatic carbocycles. The lowest BCUT2D eigenvalue weighted by molar-refractivity contribution is 0.0950. The van der Waals surface area contributed by atoms with Crippen molar-refractivity contribution in [3.8, 4) is 0 Å². The molecule has 1 heterocycles. The average molecular weight is 304 g/mol. The summed E-state index contributed by atoms with van der Waals surface area (Å²) in [4.78, 5) is 14.6. The summed E-state index contributed by atoms with van der Waals surface area (Å²) in [6.07, 6.45) is 3.62. The number of rotatable bonds is 7. The third-order valence-electron chi connectivity index (χ3n) is 4.31. The van der Waals surface area contributed by atoms with E-state index >= 15 is 0 Å². The highest BCUT2D eigenvalue weighted by Gasteiger charge is 2.14. The molecular formula is C18H28N2O2. The molecule has 1 aromatic rings. The molecule has 1 aromatic carbocycles. The summed E-state index contributed by atoms with van der Waals surface area (Å²) >= 11 is 0. The van der Waals surface area contributed by atoms with Gasteiger partial charge >= 0.3 is 0 Å². The molecule has 1 N–H and O–H groups in total. The zero-order chi connectivity index (χ0) is 15.8. The molecule has 0 radical (unpaired) electrons. The highest BCUT2D eigenvalue weighted by atomic mass is 16.5. The molecule has 0 aromatic heterocycles. The Bertz CT molecular complexity index is 468. The van der Waals surface area contributed by atoms with Crippen LogP contribution in [-0.4, -0.2) is 44.1 Å². The molecule has 1 saturated heterocycles. The van der Waals surface area contributed by atoms with E-state index in [0.29, 0.717) is 12.2 Å². The Hall–Kier alpha value is -1.39. The van der Waals surface area contributed by atoms with Gasteiger partial charge in [-0.15, -0.1) is 0 Å². The minimum atomic E-state index is 0.00483. The van der Waals surface area contributed by atoms with Crippen LogP contribution >= 0.6 is 0 Å². The van der Waals surface area contributed by atoms with E-state index in [2.05, 4.69) is 17.1 Å². The molecule has 0 spiro atoms. The number of piperidine rings is 1. The van der Waals surface area contributed by atoms with Crippen LogP contribution in [0.25, 0.3) is 0 Å². The largest absolute Gasteiger partial charge is 0.380 e. The maximum Gasteiger partial charge on any atom is 0.251 e. The van der Waals surface area contributed by atoms with Gasteiger partial charge in [-0.2, -0.15) is 0 Å². The Labute approximate surface area is 133 Å². The second-order valence-corrected chi connectivity index (χ2v) is 6.27.